The van der Waals surface area contributed by atoms with Gasteiger partial charge >= 0.3 is 0 Å². The Balaban J connectivity index is 2.84. The van der Waals surface area contributed by atoms with E-state index in [0.29, 0.717) is 11.7 Å². The third kappa shape index (κ3) is 6.19. The lowest BCUT2D eigenvalue weighted by molar-refractivity contribution is 0.567. The molecule has 0 bridgehead atoms. The third-order valence-electron chi connectivity index (χ3n) is 3.16. The van der Waals surface area contributed by atoms with Crippen LogP contribution in [0.4, 0.5) is 0 Å². The van der Waals surface area contributed by atoms with Crippen LogP contribution in [-0.2, 0) is 10.8 Å². The van der Waals surface area contributed by atoms with Crippen LogP contribution in [0.15, 0.2) is 18.2 Å². The monoisotopic (exact) mass is 295 g/mol. The zero-order chi connectivity index (χ0) is 15.1. The largest absolute Gasteiger partial charge is 0.309 e. The van der Waals surface area contributed by atoms with Crippen LogP contribution in [0.2, 0.25) is 0 Å². The highest BCUT2D eigenvalue weighted by Crippen LogP contribution is 2.19. The number of hydrogen-bond donors (Lipinski definition) is 1. The van der Waals surface area contributed by atoms with Crippen molar-refractivity contribution < 1.29 is 4.21 Å². The van der Waals surface area contributed by atoms with Crippen LogP contribution in [0.5, 0.6) is 0 Å². The van der Waals surface area contributed by atoms with E-state index >= 15 is 0 Å². The summed E-state index contributed by atoms with van der Waals surface area (Å²) in [5.41, 5.74) is 3.82. The molecule has 20 heavy (non-hydrogen) atoms. The first-order valence-electron chi connectivity index (χ1n) is 7.59. The Morgan fingerprint density at radius 2 is 1.70 bits per heavy atom. The van der Waals surface area contributed by atoms with Gasteiger partial charge in [0.1, 0.15) is 0 Å². The van der Waals surface area contributed by atoms with Gasteiger partial charge in [-0.05, 0) is 38.3 Å². The molecule has 0 aromatic heterocycles. The summed E-state index contributed by atoms with van der Waals surface area (Å²) < 4.78 is 12.2. The molecule has 2 unspecified atom stereocenters. The van der Waals surface area contributed by atoms with E-state index in [1.807, 2.05) is 0 Å². The highest BCUT2D eigenvalue weighted by Gasteiger charge is 2.15. The van der Waals surface area contributed by atoms with Crippen LogP contribution in [0.1, 0.15) is 49.9 Å². The van der Waals surface area contributed by atoms with Gasteiger partial charge in [0.25, 0.3) is 0 Å². The average molecular weight is 295 g/mol. The van der Waals surface area contributed by atoms with Gasteiger partial charge in [-0.25, -0.2) is 0 Å². The number of hydrogen-bond acceptors (Lipinski definition) is 2. The number of aryl methyl sites for hydroxylation is 2. The molecule has 0 heterocycles. The van der Waals surface area contributed by atoms with Crippen LogP contribution >= 0.6 is 0 Å². The molecule has 1 rings (SSSR count). The zero-order valence-corrected chi connectivity index (χ0v) is 14.3. The van der Waals surface area contributed by atoms with Crippen LogP contribution in [-0.4, -0.2) is 22.3 Å². The molecule has 0 spiro atoms. The lowest BCUT2D eigenvalue weighted by atomic mass is 10.0. The predicted octanol–water partition coefficient (Wildman–Crippen LogP) is 3.75. The molecule has 1 N–H and O–H groups in total. The fourth-order valence-electron chi connectivity index (χ4n) is 2.43. The molecular weight excluding hydrogens is 266 g/mol. The zero-order valence-electron chi connectivity index (χ0n) is 13.5. The van der Waals surface area contributed by atoms with Gasteiger partial charge in [-0.1, -0.05) is 50.1 Å². The minimum absolute atomic E-state index is 0.202. The van der Waals surface area contributed by atoms with Gasteiger partial charge in [0.05, 0.1) is 0 Å². The summed E-state index contributed by atoms with van der Waals surface area (Å²) in [6.07, 6.45) is 1.10. The first-order chi connectivity index (χ1) is 9.42. The summed E-state index contributed by atoms with van der Waals surface area (Å²) in [7, 11) is -0.760. The molecule has 3 heteroatoms. The third-order valence-corrected chi connectivity index (χ3v) is 4.90. The maximum absolute atomic E-state index is 12.2. The van der Waals surface area contributed by atoms with Crippen molar-refractivity contribution in [2.45, 2.75) is 47.1 Å². The second kappa shape index (κ2) is 8.58. The van der Waals surface area contributed by atoms with Crippen molar-refractivity contribution in [3.05, 3.63) is 34.9 Å². The van der Waals surface area contributed by atoms with E-state index in [1.54, 1.807) is 0 Å². The summed E-state index contributed by atoms with van der Waals surface area (Å²) >= 11 is 0. The van der Waals surface area contributed by atoms with Gasteiger partial charge in [-0.15, -0.1) is 0 Å². The SMILES string of the molecule is CCCNC(CS(=O)CC(C)C)c1cc(C)cc(C)c1. The summed E-state index contributed by atoms with van der Waals surface area (Å²) in [6.45, 7) is 11.6. The Bertz CT molecular complexity index is 422. The van der Waals surface area contributed by atoms with Crippen molar-refractivity contribution in [1.82, 2.24) is 5.32 Å². The molecule has 1 aromatic carbocycles. The van der Waals surface area contributed by atoms with Gasteiger partial charge < -0.3 is 5.32 Å². The van der Waals surface area contributed by atoms with E-state index in [0.717, 1.165) is 18.7 Å². The summed E-state index contributed by atoms with van der Waals surface area (Å²) in [4.78, 5) is 0. The molecule has 0 saturated heterocycles. The molecule has 1 aromatic rings. The Hall–Kier alpha value is -0.670. The highest BCUT2D eigenvalue weighted by atomic mass is 32.2. The molecule has 0 aliphatic carbocycles. The first kappa shape index (κ1) is 17.4. The molecule has 0 radical (unpaired) electrons. The van der Waals surface area contributed by atoms with Gasteiger partial charge in [0.15, 0.2) is 0 Å². The minimum atomic E-state index is -0.760. The van der Waals surface area contributed by atoms with Crippen molar-refractivity contribution in [1.29, 1.82) is 0 Å². The molecular formula is C17H29NOS. The molecule has 114 valence electrons. The fourth-order valence-corrected chi connectivity index (χ4v) is 3.99. The summed E-state index contributed by atoms with van der Waals surface area (Å²) in [6, 6.07) is 6.82. The highest BCUT2D eigenvalue weighted by molar-refractivity contribution is 7.85. The van der Waals surface area contributed by atoms with Crippen molar-refractivity contribution in [2.24, 2.45) is 5.92 Å². The molecule has 0 amide bonds. The Labute approximate surface area is 126 Å². The smallest absolute Gasteiger partial charge is 0.0437 e. The van der Waals surface area contributed by atoms with E-state index < -0.39 is 10.8 Å². The fraction of sp³-hybridized carbons (Fsp3) is 0.647. The lowest BCUT2D eigenvalue weighted by Crippen LogP contribution is -2.28. The molecule has 0 saturated carbocycles. The summed E-state index contributed by atoms with van der Waals surface area (Å²) in [5, 5.41) is 3.55. The maximum atomic E-state index is 12.2. The molecule has 0 aliphatic heterocycles. The standard InChI is InChI=1S/C17H29NOS/c1-6-7-18-17(12-20(19)11-13(2)3)16-9-14(4)8-15(5)10-16/h8-10,13,17-18H,6-7,11-12H2,1-5H3. The van der Waals surface area contributed by atoms with Crippen LogP contribution in [0.25, 0.3) is 0 Å². The van der Waals surface area contributed by atoms with Crippen molar-refractivity contribution in [3.63, 3.8) is 0 Å². The van der Waals surface area contributed by atoms with Gasteiger partial charge in [-0.3, -0.25) is 4.21 Å². The van der Waals surface area contributed by atoms with Gasteiger partial charge in [-0.2, -0.15) is 0 Å². The minimum Gasteiger partial charge on any atom is -0.309 e. The van der Waals surface area contributed by atoms with Gasteiger partial charge in [0.2, 0.25) is 0 Å². The number of rotatable bonds is 8. The van der Waals surface area contributed by atoms with E-state index in [1.165, 1.54) is 16.7 Å². The van der Waals surface area contributed by atoms with Crippen LogP contribution in [0, 0.1) is 19.8 Å². The van der Waals surface area contributed by atoms with E-state index in [9.17, 15) is 4.21 Å². The van der Waals surface area contributed by atoms with Crippen LogP contribution < -0.4 is 5.32 Å². The number of nitrogens with one attached hydrogen (secondary N) is 1. The normalized spacial score (nSPS) is 14.5. The molecule has 0 fully saturated rings. The predicted molar refractivity (Wildman–Crippen MR) is 89.7 cm³/mol. The first-order valence-corrected chi connectivity index (χ1v) is 9.07. The van der Waals surface area contributed by atoms with E-state index in [2.05, 4.69) is 58.1 Å². The van der Waals surface area contributed by atoms with E-state index in [4.69, 9.17) is 0 Å². The molecule has 0 aliphatic rings. The molecule has 2 nitrogen and oxygen atoms in total. The topological polar surface area (TPSA) is 29.1 Å². The Morgan fingerprint density at radius 1 is 1.10 bits per heavy atom. The lowest BCUT2D eigenvalue weighted by Gasteiger charge is -2.20. The van der Waals surface area contributed by atoms with Crippen LogP contribution in [0.3, 0.4) is 0 Å². The van der Waals surface area contributed by atoms with Crippen molar-refractivity contribution >= 4 is 10.8 Å². The van der Waals surface area contributed by atoms with Crippen molar-refractivity contribution in [3.8, 4) is 0 Å². The van der Waals surface area contributed by atoms with Gasteiger partial charge in [0, 0.05) is 28.3 Å². The Morgan fingerprint density at radius 3 is 2.20 bits per heavy atom. The second-order valence-electron chi connectivity index (χ2n) is 6.09. The molecule has 2 atom stereocenters. The van der Waals surface area contributed by atoms with Crippen molar-refractivity contribution in [2.75, 3.05) is 18.1 Å². The maximum Gasteiger partial charge on any atom is 0.0437 e. The second-order valence-corrected chi connectivity index (χ2v) is 7.64. The van der Waals surface area contributed by atoms with E-state index in [-0.39, 0.29) is 6.04 Å². The quantitative estimate of drug-likeness (QED) is 0.791. The number of benzene rings is 1. The average Bonchev–Trinajstić information content (AvgIpc) is 2.32. The summed E-state index contributed by atoms with van der Waals surface area (Å²) in [5.74, 6) is 1.98. The Kier molecular flexibility index (Phi) is 7.46.